The standard InChI is InChI=1S/C18H22N2O5S/c1-12(13-8-9-16(24-2)17(11-13)25-3)19-18(21)14-6-5-7-15(10-14)20-26(4,22)23/h5-12,20H,1-4H3,(H,19,21)/t12-/m0/s1. The van der Waals surface area contributed by atoms with E-state index >= 15 is 0 Å². The Labute approximate surface area is 153 Å². The van der Waals surface area contributed by atoms with Crippen molar-refractivity contribution in [3.63, 3.8) is 0 Å². The smallest absolute Gasteiger partial charge is 0.251 e. The molecule has 7 nitrogen and oxygen atoms in total. The highest BCUT2D eigenvalue weighted by molar-refractivity contribution is 7.92. The molecule has 0 unspecified atom stereocenters. The second-order valence-electron chi connectivity index (χ2n) is 5.76. The van der Waals surface area contributed by atoms with Crippen molar-refractivity contribution in [2.45, 2.75) is 13.0 Å². The molecule has 0 saturated carbocycles. The minimum atomic E-state index is -3.41. The SMILES string of the molecule is COc1ccc([C@H](C)NC(=O)c2cccc(NS(C)(=O)=O)c2)cc1OC. The van der Waals surface area contributed by atoms with Crippen LogP contribution in [0, 0.1) is 0 Å². The van der Waals surface area contributed by atoms with Gasteiger partial charge in [0.1, 0.15) is 0 Å². The summed E-state index contributed by atoms with van der Waals surface area (Å²) in [5.74, 6) is 0.865. The van der Waals surface area contributed by atoms with E-state index in [1.807, 2.05) is 13.0 Å². The van der Waals surface area contributed by atoms with Gasteiger partial charge in [-0.15, -0.1) is 0 Å². The molecule has 2 N–H and O–H groups in total. The van der Waals surface area contributed by atoms with Crippen molar-refractivity contribution in [2.75, 3.05) is 25.2 Å². The summed E-state index contributed by atoms with van der Waals surface area (Å²) in [4.78, 5) is 12.5. The molecule has 140 valence electrons. The third-order valence-corrected chi connectivity index (χ3v) is 4.29. The fraction of sp³-hybridized carbons (Fsp3) is 0.278. The molecule has 0 spiro atoms. The summed E-state index contributed by atoms with van der Waals surface area (Å²) in [6.45, 7) is 1.84. The summed E-state index contributed by atoms with van der Waals surface area (Å²) in [5.41, 5.74) is 1.53. The number of hydrogen-bond acceptors (Lipinski definition) is 5. The maximum absolute atomic E-state index is 12.5. The molecule has 0 aromatic heterocycles. The van der Waals surface area contributed by atoms with Crippen LogP contribution in [0.2, 0.25) is 0 Å². The Balaban J connectivity index is 2.15. The second kappa shape index (κ2) is 8.09. The van der Waals surface area contributed by atoms with Gasteiger partial charge in [-0.05, 0) is 42.8 Å². The summed E-state index contributed by atoms with van der Waals surface area (Å²) in [5, 5.41) is 2.88. The van der Waals surface area contributed by atoms with Crippen molar-refractivity contribution in [1.82, 2.24) is 5.32 Å². The molecule has 2 aromatic carbocycles. The van der Waals surface area contributed by atoms with Crippen molar-refractivity contribution in [2.24, 2.45) is 0 Å². The molecule has 0 bridgehead atoms. The zero-order valence-electron chi connectivity index (χ0n) is 15.1. The van der Waals surface area contributed by atoms with E-state index in [4.69, 9.17) is 9.47 Å². The largest absolute Gasteiger partial charge is 0.493 e. The number of amides is 1. The normalized spacial score (nSPS) is 12.2. The van der Waals surface area contributed by atoms with E-state index in [-0.39, 0.29) is 11.9 Å². The Morgan fingerprint density at radius 1 is 1.04 bits per heavy atom. The predicted molar refractivity (Wildman–Crippen MR) is 100 cm³/mol. The van der Waals surface area contributed by atoms with Crippen LogP contribution < -0.4 is 19.5 Å². The first kappa shape index (κ1) is 19.6. The number of rotatable bonds is 7. The molecule has 0 aliphatic heterocycles. The third-order valence-electron chi connectivity index (χ3n) is 3.68. The number of ether oxygens (including phenoxy) is 2. The first-order chi connectivity index (χ1) is 12.2. The maximum atomic E-state index is 12.5. The highest BCUT2D eigenvalue weighted by Crippen LogP contribution is 2.30. The van der Waals surface area contributed by atoms with Crippen LogP contribution in [0.25, 0.3) is 0 Å². The lowest BCUT2D eigenvalue weighted by Gasteiger charge is -2.17. The van der Waals surface area contributed by atoms with Gasteiger partial charge in [0.25, 0.3) is 5.91 Å². The second-order valence-corrected chi connectivity index (χ2v) is 7.51. The summed E-state index contributed by atoms with van der Waals surface area (Å²) < 4.78 is 35.5. The minimum Gasteiger partial charge on any atom is -0.493 e. The number of methoxy groups -OCH3 is 2. The Morgan fingerprint density at radius 2 is 1.73 bits per heavy atom. The first-order valence-electron chi connectivity index (χ1n) is 7.84. The van der Waals surface area contributed by atoms with Gasteiger partial charge in [-0.3, -0.25) is 9.52 Å². The number of carbonyl (C=O) groups excluding carboxylic acids is 1. The lowest BCUT2D eigenvalue weighted by atomic mass is 10.1. The quantitative estimate of drug-likeness (QED) is 0.772. The number of nitrogens with one attached hydrogen (secondary N) is 2. The highest BCUT2D eigenvalue weighted by Gasteiger charge is 2.14. The van der Waals surface area contributed by atoms with Crippen LogP contribution in [0.4, 0.5) is 5.69 Å². The Bertz CT molecular complexity index is 896. The monoisotopic (exact) mass is 378 g/mol. The van der Waals surface area contributed by atoms with Gasteiger partial charge in [-0.1, -0.05) is 12.1 Å². The third kappa shape index (κ3) is 5.13. The van der Waals surface area contributed by atoms with Crippen molar-refractivity contribution in [3.05, 3.63) is 53.6 Å². The van der Waals surface area contributed by atoms with Crippen molar-refractivity contribution in [1.29, 1.82) is 0 Å². The fourth-order valence-corrected chi connectivity index (χ4v) is 2.98. The van der Waals surface area contributed by atoms with Gasteiger partial charge in [0.05, 0.1) is 26.5 Å². The first-order valence-corrected chi connectivity index (χ1v) is 9.73. The van der Waals surface area contributed by atoms with E-state index in [0.717, 1.165) is 11.8 Å². The van der Waals surface area contributed by atoms with Gasteiger partial charge in [-0.25, -0.2) is 8.42 Å². The van der Waals surface area contributed by atoms with Gasteiger partial charge in [0.15, 0.2) is 11.5 Å². The van der Waals surface area contributed by atoms with E-state index in [1.54, 1.807) is 44.6 Å². The highest BCUT2D eigenvalue weighted by atomic mass is 32.2. The molecule has 8 heteroatoms. The van der Waals surface area contributed by atoms with Crippen molar-refractivity contribution in [3.8, 4) is 11.5 Å². The lowest BCUT2D eigenvalue weighted by molar-refractivity contribution is 0.0940. The van der Waals surface area contributed by atoms with Crippen LogP contribution >= 0.6 is 0 Å². The van der Waals surface area contributed by atoms with E-state index in [0.29, 0.717) is 22.7 Å². The average Bonchev–Trinajstić information content (AvgIpc) is 2.59. The van der Waals surface area contributed by atoms with Crippen molar-refractivity contribution >= 4 is 21.6 Å². The van der Waals surface area contributed by atoms with Crippen LogP contribution in [0.3, 0.4) is 0 Å². The molecule has 1 atom stereocenters. The Kier molecular flexibility index (Phi) is 6.10. The van der Waals surface area contributed by atoms with E-state index in [2.05, 4.69) is 10.0 Å². The molecule has 0 fully saturated rings. The summed E-state index contributed by atoms with van der Waals surface area (Å²) in [6.07, 6.45) is 1.05. The molecule has 0 aliphatic carbocycles. The van der Waals surface area contributed by atoms with Crippen LogP contribution in [0.5, 0.6) is 11.5 Å². The van der Waals surface area contributed by atoms with Gasteiger partial charge in [0, 0.05) is 11.3 Å². The number of hydrogen-bond donors (Lipinski definition) is 2. The summed E-state index contributed by atoms with van der Waals surface area (Å²) in [7, 11) is -0.305. The lowest BCUT2D eigenvalue weighted by Crippen LogP contribution is -2.26. The number of benzene rings is 2. The molecule has 2 aromatic rings. The van der Waals surface area contributed by atoms with Crippen molar-refractivity contribution < 1.29 is 22.7 Å². The molecule has 26 heavy (non-hydrogen) atoms. The van der Waals surface area contributed by atoms with Gasteiger partial charge >= 0.3 is 0 Å². The molecule has 0 aliphatic rings. The van der Waals surface area contributed by atoms with Crippen LogP contribution in [-0.4, -0.2) is 34.8 Å². The Morgan fingerprint density at radius 3 is 2.35 bits per heavy atom. The van der Waals surface area contributed by atoms with E-state index < -0.39 is 10.0 Å². The molecule has 0 radical (unpaired) electrons. The number of carbonyl (C=O) groups is 1. The maximum Gasteiger partial charge on any atom is 0.251 e. The predicted octanol–water partition coefficient (Wildman–Crippen LogP) is 2.57. The van der Waals surface area contributed by atoms with Crippen LogP contribution in [-0.2, 0) is 10.0 Å². The molecule has 0 heterocycles. The zero-order valence-corrected chi connectivity index (χ0v) is 15.9. The van der Waals surface area contributed by atoms with Gasteiger partial charge in [-0.2, -0.15) is 0 Å². The summed E-state index contributed by atoms with van der Waals surface area (Å²) >= 11 is 0. The molecule has 0 saturated heterocycles. The summed E-state index contributed by atoms with van der Waals surface area (Å²) in [6, 6.07) is 11.4. The molecular formula is C18H22N2O5S. The number of anilines is 1. The molecular weight excluding hydrogens is 356 g/mol. The minimum absolute atomic E-state index is 0.283. The van der Waals surface area contributed by atoms with E-state index in [1.165, 1.54) is 6.07 Å². The van der Waals surface area contributed by atoms with Crippen LogP contribution in [0.1, 0.15) is 28.9 Å². The fourth-order valence-electron chi connectivity index (χ4n) is 2.42. The van der Waals surface area contributed by atoms with Gasteiger partial charge in [0.2, 0.25) is 10.0 Å². The molecule has 1 amide bonds. The van der Waals surface area contributed by atoms with Gasteiger partial charge < -0.3 is 14.8 Å². The number of sulfonamides is 1. The average molecular weight is 378 g/mol. The zero-order chi connectivity index (χ0) is 19.3. The van der Waals surface area contributed by atoms with Crippen LogP contribution in [0.15, 0.2) is 42.5 Å². The molecule has 2 rings (SSSR count). The Hall–Kier alpha value is -2.74. The van der Waals surface area contributed by atoms with E-state index in [9.17, 15) is 13.2 Å². The topological polar surface area (TPSA) is 93.7 Å².